The van der Waals surface area contributed by atoms with Gasteiger partial charge in [0.25, 0.3) is 0 Å². The van der Waals surface area contributed by atoms with Gasteiger partial charge in [-0.15, -0.1) is 0 Å². The molecule has 0 saturated carbocycles. The molecule has 1 aromatic carbocycles. The summed E-state index contributed by atoms with van der Waals surface area (Å²) in [5, 5.41) is 103. The van der Waals surface area contributed by atoms with E-state index in [0.29, 0.717) is 5.56 Å². The summed E-state index contributed by atoms with van der Waals surface area (Å²) >= 11 is 0. The van der Waals surface area contributed by atoms with Crippen LogP contribution in [0.15, 0.2) is 24.3 Å². The summed E-state index contributed by atoms with van der Waals surface area (Å²) in [4.78, 5) is 12.7. The van der Waals surface area contributed by atoms with E-state index in [2.05, 4.69) is 0 Å². The van der Waals surface area contributed by atoms with Crippen LogP contribution in [-0.4, -0.2) is 169 Å². The van der Waals surface area contributed by atoms with Crippen molar-refractivity contribution in [2.75, 3.05) is 19.8 Å². The molecule has 3 heterocycles. The van der Waals surface area contributed by atoms with E-state index in [-0.39, 0.29) is 12.2 Å². The fourth-order valence-electron chi connectivity index (χ4n) is 5.36. The highest BCUT2D eigenvalue weighted by Crippen LogP contribution is 2.33. The molecule has 1 aromatic rings. The van der Waals surface area contributed by atoms with E-state index >= 15 is 0 Å². The summed E-state index contributed by atoms with van der Waals surface area (Å²) < 4.78 is 27.7. The highest BCUT2D eigenvalue weighted by Gasteiger charge is 2.53. The van der Waals surface area contributed by atoms with Gasteiger partial charge in [0.15, 0.2) is 18.4 Å². The normalized spacial score (nSPS) is 43.8. The van der Waals surface area contributed by atoms with Gasteiger partial charge in [-0.2, -0.15) is 0 Å². The highest BCUT2D eigenvalue weighted by atomic mass is 16.7. The quantitative estimate of drug-likeness (QED) is 0.110. The lowest BCUT2D eigenvalue weighted by molar-refractivity contribution is -0.372. The zero-order valence-corrected chi connectivity index (χ0v) is 23.2. The maximum Gasteiger partial charge on any atom is 0.187 e. The van der Waals surface area contributed by atoms with E-state index in [0.717, 1.165) is 5.56 Å². The van der Waals surface area contributed by atoms with Crippen LogP contribution < -0.4 is 0 Å². The molecule has 16 nitrogen and oxygen atoms in total. The Kier molecular flexibility index (Phi) is 11.6. The van der Waals surface area contributed by atoms with Crippen molar-refractivity contribution in [1.82, 2.24) is 0 Å². The molecule has 3 fully saturated rings. The van der Waals surface area contributed by atoms with Crippen LogP contribution in [0.3, 0.4) is 0 Å². The second kappa shape index (κ2) is 14.6. The molecule has 244 valence electrons. The molecule has 16 heteroatoms. The topological polar surface area (TPSA) is 266 Å². The minimum atomic E-state index is -1.93. The van der Waals surface area contributed by atoms with Crippen molar-refractivity contribution in [3.63, 3.8) is 0 Å². The molecule has 0 spiro atoms. The predicted molar refractivity (Wildman–Crippen MR) is 139 cm³/mol. The molecule has 15 atom stereocenters. The Morgan fingerprint density at radius 1 is 0.605 bits per heavy atom. The van der Waals surface area contributed by atoms with Crippen LogP contribution in [0.4, 0.5) is 0 Å². The molecule has 3 aliphatic heterocycles. The van der Waals surface area contributed by atoms with Gasteiger partial charge in [-0.1, -0.05) is 29.8 Å². The van der Waals surface area contributed by atoms with E-state index < -0.39 is 112 Å². The Morgan fingerprint density at radius 3 is 1.58 bits per heavy atom. The van der Waals surface area contributed by atoms with E-state index in [1.165, 1.54) is 0 Å². The third kappa shape index (κ3) is 7.25. The molecule has 4 rings (SSSR count). The summed E-state index contributed by atoms with van der Waals surface area (Å²) in [6.07, 6.45) is -24.8. The molecule has 3 saturated heterocycles. The van der Waals surface area contributed by atoms with Gasteiger partial charge < -0.3 is 74.7 Å². The molecule has 0 aliphatic carbocycles. The average Bonchev–Trinajstić information content (AvgIpc) is 3.00. The first-order valence-electron chi connectivity index (χ1n) is 13.9. The monoisotopic (exact) mass is 620 g/mol. The van der Waals surface area contributed by atoms with Crippen LogP contribution in [0.1, 0.15) is 22.3 Å². The fourth-order valence-corrected chi connectivity index (χ4v) is 5.36. The Morgan fingerprint density at radius 2 is 1.05 bits per heavy atom. The average molecular weight is 621 g/mol. The lowest BCUT2D eigenvalue weighted by Crippen LogP contribution is -2.66. The predicted octanol–water partition coefficient (Wildman–Crippen LogP) is -4.94. The maximum atomic E-state index is 12.7. The first-order chi connectivity index (χ1) is 20.4. The van der Waals surface area contributed by atoms with Crippen LogP contribution in [-0.2, 0) is 23.7 Å². The SMILES string of the molecule is Cc1ccc(C(=O)C[C@@H]2OC(CO)[C@@H](O[C@H]3OC(CO)[C@@H](O[C@H]4OC(CO)[C@@H](O)C(O)C4O)C(O)C3O)C(O)C2O)cc1. The second-order valence-electron chi connectivity index (χ2n) is 11.0. The first-order valence-corrected chi connectivity index (χ1v) is 13.9. The second-order valence-corrected chi connectivity index (χ2v) is 11.0. The molecule has 0 bridgehead atoms. The summed E-state index contributed by atoms with van der Waals surface area (Å²) in [5.41, 5.74) is 1.30. The van der Waals surface area contributed by atoms with Crippen molar-refractivity contribution in [2.45, 2.75) is 105 Å². The number of ether oxygens (including phenoxy) is 5. The van der Waals surface area contributed by atoms with E-state index in [9.17, 15) is 55.9 Å². The van der Waals surface area contributed by atoms with Crippen molar-refractivity contribution in [3.05, 3.63) is 35.4 Å². The minimum absolute atomic E-state index is 0.324. The third-order valence-electron chi connectivity index (χ3n) is 7.98. The van der Waals surface area contributed by atoms with Gasteiger partial charge in [-0.25, -0.2) is 0 Å². The Hall–Kier alpha value is -1.71. The highest BCUT2D eigenvalue weighted by molar-refractivity contribution is 5.96. The number of carbonyl (C=O) groups is 1. The number of aryl methyl sites for hydroxylation is 1. The number of benzene rings is 1. The van der Waals surface area contributed by atoms with E-state index in [1.807, 2.05) is 6.92 Å². The Labute approximate surface area is 246 Å². The maximum absolute atomic E-state index is 12.7. The minimum Gasteiger partial charge on any atom is -0.394 e. The summed E-state index contributed by atoms with van der Waals surface area (Å²) in [5.74, 6) is -0.377. The Balaban J connectivity index is 1.42. The zero-order valence-electron chi connectivity index (χ0n) is 23.2. The zero-order chi connectivity index (χ0) is 31.6. The molecule has 10 N–H and O–H groups in total. The smallest absolute Gasteiger partial charge is 0.187 e. The van der Waals surface area contributed by atoms with Crippen molar-refractivity contribution < 1.29 is 79.5 Å². The largest absolute Gasteiger partial charge is 0.394 e. The number of hydrogen-bond donors (Lipinski definition) is 10. The number of Topliss-reactive ketones (excluding diaryl/α,β-unsaturated/α-hetero) is 1. The van der Waals surface area contributed by atoms with Gasteiger partial charge in [0.1, 0.15) is 73.2 Å². The van der Waals surface area contributed by atoms with Gasteiger partial charge in [-0.05, 0) is 6.92 Å². The summed E-state index contributed by atoms with van der Waals surface area (Å²) in [7, 11) is 0. The standard InChI is InChI=1S/C27H40O16/c1-10-2-4-11(5-3-10)12(31)6-13-17(32)20(35)24(15(8-29)39-13)42-27-23(38)21(36)25(16(9-30)41-27)43-26-22(37)19(34)18(33)14(7-28)40-26/h2-5,13-30,32-38H,6-9H2,1H3/t13-,14?,15?,16?,17?,18+,19?,20?,21?,22?,23?,24+,25+,26+,27+/m0/s1. The van der Waals surface area contributed by atoms with Crippen LogP contribution in [0.2, 0.25) is 0 Å². The van der Waals surface area contributed by atoms with Crippen LogP contribution in [0.25, 0.3) is 0 Å². The number of rotatable bonds is 10. The van der Waals surface area contributed by atoms with Crippen LogP contribution >= 0.6 is 0 Å². The molecule has 9 unspecified atom stereocenters. The van der Waals surface area contributed by atoms with Crippen molar-refractivity contribution in [3.8, 4) is 0 Å². The third-order valence-corrected chi connectivity index (χ3v) is 7.98. The van der Waals surface area contributed by atoms with Crippen molar-refractivity contribution in [2.24, 2.45) is 0 Å². The van der Waals surface area contributed by atoms with Gasteiger partial charge in [0, 0.05) is 12.0 Å². The van der Waals surface area contributed by atoms with Crippen LogP contribution in [0.5, 0.6) is 0 Å². The molecule has 0 amide bonds. The molecule has 43 heavy (non-hydrogen) atoms. The number of ketones is 1. The van der Waals surface area contributed by atoms with Gasteiger partial charge in [0.2, 0.25) is 0 Å². The van der Waals surface area contributed by atoms with Crippen LogP contribution in [0, 0.1) is 6.92 Å². The summed E-state index contributed by atoms with van der Waals surface area (Å²) in [6.45, 7) is -0.459. The van der Waals surface area contributed by atoms with Crippen molar-refractivity contribution >= 4 is 5.78 Å². The van der Waals surface area contributed by atoms with E-state index in [1.54, 1.807) is 24.3 Å². The first kappa shape index (κ1) is 34.2. The molecule has 0 radical (unpaired) electrons. The number of carbonyl (C=O) groups excluding carboxylic acids is 1. The number of aliphatic hydroxyl groups is 10. The summed E-state index contributed by atoms with van der Waals surface area (Å²) in [6, 6.07) is 6.70. The lowest BCUT2D eigenvalue weighted by Gasteiger charge is -2.48. The number of hydrogen-bond acceptors (Lipinski definition) is 16. The van der Waals surface area contributed by atoms with Gasteiger partial charge in [-0.3, -0.25) is 4.79 Å². The lowest BCUT2D eigenvalue weighted by atomic mass is 9.91. The molecular formula is C27H40O16. The number of aliphatic hydroxyl groups excluding tert-OH is 10. The molecule has 0 aromatic heterocycles. The van der Waals surface area contributed by atoms with Crippen molar-refractivity contribution in [1.29, 1.82) is 0 Å². The van der Waals surface area contributed by atoms with Gasteiger partial charge in [0.05, 0.1) is 25.9 Å². The molecule has 3 aliphatic rings. The van der Waals surface area contributed by atoms with E-state index in [4.69, 9.17) is 23.7 Å². The van der Waals surface area contributed by atoms with Gasteiger partial charge >= 0.3 is 0 Å². The fraction of sp³-hybridized carbons (Fsp3) is 0.741. The Bertz CT molecular complexity index is 1040. The molecular weight excluding hydrogens is 580 g/mol.